The summed E-state index contributed by atoms with van der Waals surface area (Å²) in [6.07, 6.45) is 0. The molecule has 17 heavy (non-hydrogen) atoms. The average molecular weight is 257 g/mol. The molecule has 1 N–H and O–H groups in total. The van der Waals surface area contributed by atoms with Gasteiger partial charge in [-0.25, -0.2) is 4.39 Å². The van der Waals surface area contributed by atoms with E-state index in [9.17, 15) is 4.39 Å². The van der Waals surface area contributed by atoms with E-state index in [1.54, 1.807) is 6.07 Å². The molecule has 0 amide bonds. The summed E-state index contributed by atoms with van der Waals surface area (Å²) in [6, 6.07) is 5.04. The van der Waals surface area contributed by atoms with Crippen LogP contribution in [-0.2, 0) is 0 Å². The van der Waals surface area contributed by atoms with Gasteiger partial charge in [0, 0.05) is 35.4 Å². The predicted octanol–water partition coefficient (Wildman–Crippen LogP) is 3.06. The van der Waals surface area contributed by atoms with Gasteiger partial charge in [0.25, 0.3) is 0 Å². The van der Waals surface area contributed by atoms with E-state index in [1.165, 1.54) is 6.07 Å². The van der Waals surface area contributed by atoms with Crippen molar-refractivity contribution in [2.45, 2.75) is 32.4 Å². The van der Waals surface area contributed by atoms with Crippen molar-refractivity contribution in [3.63, 3.8) is 0 Å². The lowest BCUT2D eigenvalue weighted by molar-refractivity contribution is 0.318. The molecule has 1 aromatic rings. The molecule has 1 aliphatic heterocycles. The van der Waals surface area contributed by atoms with Crippen molar-refractivity contribution in [1.82, 2.24) is 5.32 Å². The Morgan fingerprint density at radius 1 is 1.41 bits per heavy atom. The highest BCUT2D eigenvalue weighted by Crippen LogP contribution is 2.27. The number of anilines is 1. The van der Waals surface area contributed by atoms with Gasteiger partial charge in [0.05, 0.1) is 0 Å². The highest BCUT2D eigenvalue weighted by Gasteiger charge is 2.30. The quantitative estimate of drug-likeness (QED) is 0.831. The van der Waals surface area contributed by atoms with Crippen LogP contribution in [0.1, 0.15) is 20.8 Å². The van der Waals surface area contributed by atoms with Gasteiger partial charge in [-0.2, -0.15) is 0 Å². The average Bonchev–Trinajstić information content (AvgIpc) is 2.20. The maximum absolute atomic E-state index is 13.4. The Kier molecular flexibility index (Phi) is 3.32. The molecule has 1 fully saturated rings. The number of nitrogens with one attached hydrogen (secondary N) is 1. The molecule has 2 nitrogen and oxygen atoms in total. The number of hydrogen-bond donors (Lipinski definition) is 1. The van der Waals surface area contributed by atoms with E-state index in [0.29, 0.717) is 11.1 Å². The van der Waals surface area contributed by atoms with E-state index < -0.39 is 0 Å². The van der Waals surface area contributed by atoms with Crippen molar-refractivity contribution in [3.8, 4) is 0 Å². The van der Waals surface area contributed by atoms with Crippen LogP contribution in [0.15, 0.2) is 18.2 Å². The second-order valence-electron chi connectivity index (χ2n) is 5.37. The van der Waals surface area contributed by atoms with Crippen LogP contribution in [0.25, 0.3) is 0 Å². The van der Waals surface area contributed by atoms with Gasteiger partial charge >= 0.3 is 0 Å². The van der Waals surface area contributed by atoms with Crippen LogP contribution in [0.3, 0.4) is 0 Å². The SMILES string of the molecule is CC1CNC(C)(C)CN1c1cc(F)cc(Cl)c1. The monoisotopic (exact) mass is 256 g/mol. The Hall–Kier alpha value is -0.800. The van der Waals surface area contributed by atoms with Crippen molar-refractivity contribution < 1.29 is 4.39 Å². The van der Waals surface area contributed by atoms with Gasteiger partial charge in [-0.3, -0.25) is 0 Å². The third-order valence-corrected chi connectivity index (χ3v) is 3.37. The Morgan fingerprint density at radius 2 is 2.12 bits per heavy atom. The van der Waals surface area contributed by atoms with Gasteiger partial charge in [0.15, 0.2) is 0 Å². The number of nitrogens with zero attached hydrogens (tertiary/aromatic N) is 1. The first-order chi connectivity index (χ1) is 7.87. The first kappa shape index (κ1) is 12.7. The molecule has 4 heteroatoms. The van der Waals surface area contributed by atoms with Crippen LogP contribution in [0.2, 0.25) is 5.02 Å². The molecule has 0 aromatic heterocycles. The highest BCUT2D eigenvalue weighted by atomic mass is 35.5. The summed E-state index contributed by atoms with van der Waals surface area (Å²) in [5.74, 6) is -0.281. The molecule has 0 spiro atoms. The number of piperazine rings is 1. The van der Waals surface area contributed by atoms with Crippen molar-refractivity contribution in [2.24, 2.45) is 0 Å². The fourth-order valence-corrected chi connectivity index (χ4v) is 2.44. The number of halogens is 2. The largest absolute Gasteiger partial charge is 0.366 e. The van der Waals surface area contributed by atoms with Crippen LogP contribution in [0.4, 0.5) is 10.1 Å². The molecular formula is C13H18ClFN2. The maximum Gasteiger partial charge on any atom is 0.126 e. The molecule has 1 atom stereocenters. The standard InChI is InChI=1S/C13H18ClFN2/c1-9-7-16-13(2,3)8-17(9)12-5-10(14)4-11(15)6-12/h4-6,9,16H,7-8H2,1-3H3. The Labute approximate surface area is 107 Å². The third-order valence-electron chi connectivity index (χ3n) is 3.15. The topological polar surface area (TPSA) is 15.3 Å². The summed E-state index contributed by atoms with van der Waals surface area (Å²) in [6.45, 7) is 8.15. The van der Waals surface area contributed by atoms with Crippen molar-refractivity contribution in [2.75, 3.05) is 18.0 Å². The summed E-state index contributed by atoms with van der Waals surface area (Å²) in [5.41, 5.74) is 0.891. The smallest absolute Gasteiger partial charge is 0.126 e. The Balaban J connectivity index is 2.30. The van der Waals surface area contributed by atoms with Crippen molar-refractivity contribution >= 4 is 17.3 Å². The number of hydrogen-bond acceptors (Lipinski definition) is 2. The first-order valence-corrected chi connectivity index (χ1v) is 6.23. The second kappa shape index (κ2) is 4.46. The molecule has 0 radical (unpaired) electrons. The van der Waals surface area contributed by atoms with Crippen molar-refractivity contribution in [3.05, 3.63) is 29.0 Å². The van der Waals surface area contributed by atoms with Gasteiger partial charge in [0.1, 0.15) is 5.82 Å². The van der Waals surface area contributed by atoms with Crippen LogP contribution in [0, 0.1) is 5.82 Å². The molecule has 0 aliphatic carbocycles. The first-order valence-electron chi connectivity index (χ1n) is 5.85. The Bertz CT molecular complexity index is 400. The van der Waals surface area contributed by atoms with E-state index >= 15 is 0 Å². The Morgan fingerprint density at radius 3 is 2.76 bits per heavy atom. The zero-order valence-electron chi connectivity index (χ0n) is 10.4. The van der Waals surface area contributed by atoms with E-state index in [4.69, 9.17) is 11.6 Å². The van der Waals surface area contributed by atoms with Crippen LogP contribution in [-0.4, -0.2) is 24.7 Å². The molecule has 0 saturated carbocycles. The van der Waals surface area contributed by atoms with E-state index in [1.807, 2.05) is 6.07 Å². The molecule has 2 rings (SSSR count). The lowest BCUT2D eigenvalue weighted by atomic mass is 9.98. The van der Waals surface area contributed by atoms with Gasteiger partial charge < -0.3 is 10.2 Å². The molecule has 1 heterocycles. The minimum absolute atomic E-state index is 0.0330. The van der Waals surface area contributed by atoms with Crippen LogP contribution >= 0.6 is 11.6 Å². The zero-order chi connectivity index (χ0) is 12.6. The van der Waals surface area contributed by atoms with Gasteiger partial charge in [-0.05, 0) is 39.0 Å². The summed E-state index contributed by atoms with van der Waals surface area (Å²) < 4.78 is 13.4. The van der Waals surface area contributed by atoms with Gasteiger partial charge in [-0.1, -0.05) is 11.6 Å². The summed E-state index contributed by atoms with van der Waals surface area (Å²) in [4.78, 5) is 2.20. The summed E-state index contributed by atoms with van der Waals surface area (Å²) in [7, 11) is 0. The molecule has 1 saturated heterocycles. The fraction of sp³-hybridized carbons (Fsp3) is 0.538. The van der Waals surface area contributed by atoms with Crippen LogP contribution < -0.4 is 10.2 Å². The van der Waals surface area contributed by atoms with Crippen molar-refractivity contribution in [1.29, 1.82) is 0 Å². The second-order valence-corrected chi connectivity index (χ2v) is 5.81. The van der Waals surface area contributed by atoms with Gasteiger partial charge in [-0.15, -0.1) is 0 Å². The van der Waals surface area contributed by atoms with E-state index in [0.717, 1.165) is 18.8 Å². The van der Waals surface area contributed by atoms with E-state index in [-0.39, 0.29) is 11.4 Å². The summed E-state index contributed by atoms with van der Waals surface area (Å²) in [5, 5.41) is 3.92. The van der Waals surface area contributed by atoms with E-state index in [2.05, 4.69) is 31.0 Å². The molecule has 1 aliphatic rings. The lowest BCUT2D eigenvalue weighted by Crippen LogP contribution is -2.61. The fourth-order valence-electron chi connectivity index (χ4n) is 2.22. The summed E-state index contributed by atoms with van der Waals surface area (Å²) >= 11 is 5.91. The number of rotatable bonds is 1. The predicted molar refractivity (Wildman–Crippen MR) is 70.3 cm³/mol. The molecule has 1 aromatic carbocycles. The molecule has 1 unspecified atom stereocenters. The third kappa shape index (κ3) is 2.90. The van der Waals surface area contributed by atoms with Gasteiger partial charge in [0.2, 0.25) is 0 Å². The molecular weight excluding hydrogens is 239 g/mol. The minimum Gasteiger partial charge on any atom is -0.366 e. The highest BCUT2D eigenvalue weighted by molar-refractivity contribution is 6.30. The lowest BCUT2D eigenvalue weighted by Gasteiger charge is -2.44. The normalized spacial score (nSPS) is 23.8. The maximum atomic E-state index is 13.4. The molecule has 0 bridgehead atoms. The molecule has 94 valence electrons. The minimum atomic E-state index is -0.281. The zero-order valence-corrected chi connectivity index (χ0v) is 11.2. The van der Waals surface area contributed by atoms with Crippen LogP contribution in [0.5, 0.6) is 0 Å². The number of benzene rings is 1.